The van der Waals surface area contributed by atoms with Gasteiger partial charge in [-0.25, -0.2) is 9.97 Å². The Hall–Kier alpha value is -4.53. The summed E-state index contributed by atoms with van der Waals surface area (Å²) in [7, 11) is 0. The third-order valence-corrected chi connectivity index (χ3v) is 6.09. The number of nitrogens with one attached hydrogen (secondary N) is 3. The number of piperidine rings is 1. The van der Waals surface area contributed by atoms with Gasteiger partial charge < -0.3 is 15.2 Å². The molecular weight excluding hydrogens is 442 g/mol. The summed E-state index contributed by atoms with van der Waals surface area (Å²) >= 11 is 0. The third-order valence-electron chi connectivity index (χ3n) is 6.09. The molecule has 0 spiro atoms. The Balaban J connectivity index is 1.25. The summed E-state index contributed by atoms with van der Waals surface area (Å²) in [5, 5.41) is 9.87. The van der Waals surface area contributed by atoms with E-state index in [0.717, 1.165) is 41.2 Å². The third kappa shape index (κ3) is 4.89. The molecular formula is C26H25N7O2. The van der Waals surface area contributed by atoms with E-state index in [1.54, 1.807) is 17.3 Å². The molecule has 4 aromatic rings. The molecule has 4 heterocycles. The second-order valence-electron chi connectivity index (χ2n) is 8.42. The average Bonchev–Trinajstić information content (AvgIpc) is 3.62. The number of anilines is 1. The zero-order valence-corrected chi connectivity index (χ0v) is 19.1. The van der Waals surface area contributed by atoms with E-state index in [-0.39, 0.29) is 17.7 Å². The van der Waals surface area contributed by atoms with Crippen LogP contribution >= 0.6 is 0 Å². The first kappa shape index (κ1) is 22.3. The Morgan fingerprint density at radius 2 is 1.91 bits per heavy atom. The molecule has 1 aliphatic heterocycles. The van der Waals surface area contributed by atoms with E-state index in [4.69, 9.17) is 0 Å². The maximum atomic E-state index is 12.7. The molecule has 1 saturated heterocycles. The number of carbonyl (C=O) groups is 2. The second kappa shape index (κ2) is 9.76. The zero-order valence-electron chi connectivity index (χ0n) is 19.1. The fourth-order valence-corrected chi connectivity index (χ4v) is 4.21. The lowest BCUT2D eigenvalue weighted by atomic mass is 9.97. The van der Waals surface area contributed by atoms with Crippen molar-refractivity contribution < 1.29 is 9.59 Å². The number of aromatic nitrogens is 5. The summed E-state index contributed by atoms with van der Waals surface area (Å²) in [4.78, 5) is 38.8. The molecule has 0 bridgehead atoms. The van der Waals surface area contributed by atoms with Crippen molar-refractivity contribution in [3.05, 3.63) is 73.6 Å². The number of imidazole rings is 1. The molecule has 3 N–H and O–H groups in total. The van der Waals surface area contributed by atoms with Crippen LogP contribution in [-0.4, -0.2) is 55.0 Å². The number of amides is 2. The molecule has 0 radical (unpaired) electrons. The Morgan fingerprint density at radius 3 is 2.69 bits per heavy atom. The SMILES string of the molecule is C=CC(=O)N1CCCC(C(=O)Nc2ccc(-c3cnc(-c4cccc(-c5ccn[nH]5)n4)[nH]3)cc2)C1. The van der Waals surface area contributed by atoms with Crippen molar-refractivity contribution in [3.8, 4) is 34.2 Å². The fourth-order valence-electron chi connectivity index (χ4n) is 4.21. The lowest BCUT2D eigenvalue weighted by molar-refractivity contribution is -0.130. The van der Waals surface area contributed by atoms with Crippen LogP contribution in [0.25, 0.3) is 34.2 Å². The smallest absolute Gasteiger partial charge is 0.245 e. The van der Waals surface area contributed by atoms with Gasteiger partial charge in [-0.15, -0.1) is 0 Å². The summed E-state index contributed by atoms with van der Waals surface area (Å²) in [6, 6.07) is 15.2. The highest BCUT2D eigenvalue weighted by molar-refractivity contribution is 5.94. The number of carbonyl (C=O) groups excluding carboxylic acids is 2. The van der Waals surface area contributed by atoms with Crippen LogP contribution in [-0.2, 0) is 9.59 Å². The number of hydrogen-bond acceptors (Lipinski definition) is 5. The lowest BCUT2D eigenvalue weighted by Crippen LogP contribution is -2.43. The highest BCUT2D eigenvalue weighted by Gasteiger charge is 2.27. The molecule has 1 aliphatic rings. The van der Waals surface area contributed by atoms with Crippen molar-refractivity contribution in [2.24, 2.45) is 5.92 Å². The fraction of sp³-hybridized carbons (Fsp3) is 0.192. The van der Waals surface area contributed by atoms with Gasteiger partial charge in [-0.1, -0.05) is 24.8 Å². The van der Waals surface area contributed by atoms with Crippen molar-refractivity contribution in [2.75, 3.05) is 18.4 Å². The monoisotopic (exact) mass is 467 g/mol. The number of rotatable bonds is 6. The molecule has 5 rings (SSSR count). The van der Waals surface area contributed by atoms with Crippen molar-refractivity contribution in [3.63, 3.8) is 0 Å². The first-order valence-corrected chi connectivity index (χ1v) is 11.5. The number of hydrogen-bond donors (Lipinski definition) is 3. The van der Waals surface area contributed by atoms with Crippen LogP contribution in [0.1, 0.15) is 12.8 Å². The Labute approximate surface area is 202 Å². The normalized spacial score (nSPS) is 15.5. The number of nitrogens with zero attached hydrogens (tertiary/aromatic N) is 4. The van der Waals surface area contributed by atoms with Gasteiger partial charge in [-0.2, -0.15) is 5.10 Å². The van der Waals surface area contributed by atoms with Crippen molar-refractivity contribution >= 4 is 17.5 Å². The molecule has 2 amide bonds. The Bertz CT molecular complexity index is 1340. The van der Waals surface area contributed by atoms with Crippen LogP contribution in [0, 0.1) is 5.92 Å². The second-order valence-corrected chi connectivity index (χ2v) is 8.42. The molecule has 176 valence electrons. The average molecular weight is 468 g/mol. The predicted octanol–water partition coefficient (Wildman–Crippen LogP) is 3.89. The van der Waals surface area contributed by atoms with Gasteiger partial charge in [-0.05, 0) is 54.8 Å². The van der Waals surface area contributed by atoms with E-state index in [1.807, 2.05) is 48.5 Å². The molecule has 1 atom stereocenters. The van der Waals surface area contributed by atoms with Gasteiger partial charge >= 0.3 is 0 Å². The molecule has 3 aromatic heterocycles. The number of benzene rings is 1. The van der Waals surface area contributed by atoms with Crippen molar-refractivity contribution in [1.29, 1.82) is 0 Å². The number of H-pyrrole nitrogens is 2. The highest BCUT2D eigenvalue weighted by atomic mass is 16.2. The van der Waals surface area contributed by atoms with E-state index in [1.165, 1.54) is 6.08 Å². The predicted molar refractivity (Wildman–Crippen MR) is 133 cm³/mol. The van der Waals surface area contributed by atoms with Crippen molar-refractivity contribution in [1.82, 2.24) is 30.0 Å². The van der Waals surface area contributed by atoms with Gasteiger partial charge in [0, 0.05) is 25.0 Å². The molecule has 1 aromatic carbocycles. The lowest BCUT2D eigenvalue weighted by Gasteiger charge is -2.31. The van der Waals surface area contributed by atoms with Crippen LogP contribution in [0.2, 0.25) is 0 Å². The van der Waals surface area contributed by atoms with E-state index < -0.39 is 0 Å². The Kier molecular flexibility index (Phi) is 6.21. The van der Waals surface area contributed by atoms with Gasteiger partial charge in [0.2, 0.25) is 11.8 Å². The van der Waals surface area contributed by atoms with E-state index in [0.29, 0.717) is 24.6 Å². The maximum absolute atomic E-state index is 12.7. The first-order chi connectivity index (χ1) is 17.1. The van der Waals surface area contributed by atoms with Gasteiger partial charge in [-0.3, -0.25) is 14.7 Å². The standard InChI is InChI=1S/C26H25N7O2/c1-2-24(34)33-14-4-5-18(16-33)26(35)29-19-10-8-17(9-11-19)23-15-27-25(31-23)22-7-3-6-20(30-22)21-12-13-28-32-21/h2-3,6-13,15,18H,1,4-5,14,16H2,(H,27,31)(H,28,32)(H,29,35). The summed E-state index contributed by atoms with van der Waals surface area (Å²) in [5.41, 5.74) is 4.84. The van der Waals surface area contributed by atoms with Crippen LogP contribution in [0.4, 0.5) is 5.69 Å². The van der Waals surface area contributed by atoms with E-state index in [9.17, 15) is 9.59 Å². The quantitative estimate of drug-likeness (QED) is 0.372. The zero-order chi connectivity index (χ0) is 24.2. The van der Waals surface area contributed by atoms with Gasteiger partial charge in [0.05, 0.1) is 29.2 Å². The van der Waals surface area contributed by atoms with Crippen LogP contribution in [0.3, 0.4) is 0 Å². The number of pyridine rings is 1. The minimum absolute atomic E-state index is 0.0774. The molecule has 0 saturated carbocycles. The largest absolute Gasteiger partial charge is 0.338 e. The van der Waals surface area contributed by atoms with Crippen LogP contribution in [0.5, 0.6) is 0 Å². The molecule has 35 heavy (non-hydrogen) atoms. The Morgan fingerprint density at radius 1 is 1.09 bits per heavy atom. The summed E-state index contributed by atoms with van der Waals surface area (Å²) in [6.07, 6.45) is 6.32. The van der Waals surface area contributed by atoms with Crippen LogP contribution < -0.4 is 5.32 Å². The molecule has 9 heteroatoms. The van der Waals surface area contributed by atoms with E-state index >= 15 is 0 Å². The van der Waals surface area contributed by atoms with Crippen molar-refractivity contribution in [2.45, 2.75) is 12.8 Å². The summed E-state index contributed by atoms with van der Waals surface area (Å²) in [5.74, 6) is 0.225. The van der Waals surface area contributed by atoms with Gasteiger partial charge in [0.1, 0.15) is 5.69 Å². The molecule has 0 aliphatic carbocycles. The molecule has 1 unspecified atom stereocenters. The minimum Gasteiger partial charge on any atom is -0.338 e. The van der Waals surface area contributed by atoms with Gasteiger partial charge in [0.15, 0.2) is 5.82 Å². The number of likely N-dealkylation sites (tertiary alicyclic amines) is 1. The minimum atomic E-state index is -0.229. The van der Waals surface area contributed by atoms with Gasteiger partial charge in [0.25, 0.3) is 0 Å². The molecule has 9 nitrogen and oxygen atoms in total. The van der Waals surface area contributed by atoms with E-state index in [2.05, 4.69) is 37.0 Å². The molecule has 1 fully saturated rings. The topological polar surface area (TPSA) is 120 Å². The first-order valence-electron chi connectivity index (χ1n) is 11.5. The summed E-state index contributed by atoms with van der Waals surface area (Å²) in [6.45, 7) is 4.62. The highest BCUT2D eigenvalue weighted by Crippen LogP contribution is 2.25. The van der Waals surface area contributed by atoms with Crippen LogP contribution in [0.15, 0.2) is 73.6 Å². The summed E-state index contributed by atoms with van der Waals surface area (Å²) < 4.78 is 0. The number of aromatic amines is 2. The maximum Gasteiger partial charge on any atom is 0.245 e.